The maximum atomic E-state index is 13.3. The number of aliphatic carboxylic acids is 1. The zero-order valence-corrected chi connectivity index (χ0v) is 25.5. The third kappa shape index (κ3) is 8.52. The number of anilines is 1. The summed E-state index contributed by atoms with van der Waals surface area (Å²) in [4.78, 5) is 20.4. The van der Waals surface area contributed by atoms with Crippen LogP contribution in [0.25, 0.3) is 21.6 Å². The highest BCUT2D eigenvalue weighted by Gasteiger charge is 2.38. The number of hydrogen-bond acceptors (Lipinski definition) is 9. The molecular weight excluding hydrogens is 618 g/mol. The Morgan fingerprint density at radius 2 is 1.79 bits per heavy atom. The standard InChI is InChI=1S/C24H30N4O4S3.C2HF3O2/c1-4-28(35(29,30)22-9-6-14-33-22)21-8-5-7-18-15-20(26-23(18)21)24-25-16-19(34-24)17-27(10-12-31-2)11-13-32-3;3-2(4,5)1(6)7/h5-9,14-16,26H,4,10-13,17H2,1-3H3;(H,6,7). The van der Waals surface area contributed by atoms with Crippen LogP contribution < -0.4 is 4.31 Å². The van der Waals surface area contributed by atoms with Gasteiger partial charge in [-0.3, -0.25) is 9.21 Å². The molecule has 1 aromatic carbocycles. The van der Waals surface area contributed by atoms with E-state index in [1.54, 1.807) is 43.1 Å². The number of aromatic nitrogens is 2. The van der Waals surface area contributed by atoms with E-state index in [0.29, 0.717) is 29.7 Å². The minimum atomic E-state index is -5.08. The van der Waals surface area contributed by atoms with Crippen LogP contribution in [0, 0.1) is 0 Å². The number of thiazole rings is 1. The van der Waals surface area contributed by atoms with Crippen LogP contribution in [0.3, 0.4) is 0 Å². The Balaban J connectivity index is 0.000000616. The molecule has 0 bridgehead atoms. The third-order valence-electron chi connectivity index (χ3n) is 5.86. The first kappa shape index (κ1) is 33.5. The number of carboxylic acid groups (broad SMARTS) is 1. The number of benzene rings is 1. The van der Waals surface area contributed by atoms with Crippen molar-refractivity contribution >= 4 is 55.3 Å². The van der Waals surface area contributed by atoms with Crippen molar-refractivity contribution in [2.45, 2.75) is 23.9 Å². The maximum absolute atomic E-state index is 13.3. The van der Waals surface area contributed by atoms with Crippen molar-refractivity contribution in [1.82, 2.24) is 14.9 Å². The number of nitrogens with one attached hydrogen (secondary N) is 1. The molecule has 42 heavy (non-hydrogen) atoms. The van der Waals surface area contributed by atoms with Crippen LogP contribution in [-0.4, -0.2) is 87.6 Å². The van der Waals surface area contributed by atoms with Crippen molar-refractivity contribution in [2.75, 3.05) is 51.4 Å². The molecule has 0 aliphatic carbocycles. The predicted molar refractivity (Wildman–Crippen MR) is 157 cm³/mol. The van der Waals surface area contributed by atoms with Crippen LogP contribution in [0.2, 0.25) is 0 Å². The topological polar surface area (TPSA) is 125 Å². The van der Waals surface area contributed by atoms with Gasteiger partial charge in [0.2, 0.25) is 0 Å². The summed E-state index contributed by atoms with van der Waals surface area (Å²) in [6.45, 7) is 5.88. The van der Waals surface area contributed by atoms with Crippen molar-refractivity contribution in [3.63, 3.8) is 0 Å². The van der Waals surface area contributed by atoms with Gasteiger partial charge in [-0.15, -0.1) is 22.7 Å². The molecule has 230 valence electrons. The Hall–Kier alpha value is -3.02. The number of fused-ring (bicyclic) bond motifs is 1. The second kappa shape index (κ2) is 14.9. The van der Waals surface area contributed by atoms with E-state index in [2.05, 4.69) is 14.9 Å². The fourth-order valence-electron chi connectivity index (χ4n) is 3.89. The SMILES string of the molecule is CCN(c1cccc2cc(-c3ncc(CN(CCOC)CCOC)s3)[nH]c12)S(=O)(=O)c1cccs1.O=C(O)C(F)(F)F. The van der Waals surface area contributed by atoms with Crippen LogP contribution in [-0.2, 0) is 30.8 Å². The summed E-state index contributed by atoms with van der Waals surface area (Å²) in [5.74, 6) is -2.76. The monoisotopic (exact) mass is 648 g/mol. The second-order valence-corrected chi connectivity index (χ2v) is 12.9. The number of carbonyl (C=O) groups is 1. The molecule has 0 saturated heterocycles. The molecule has 0 unspecified atom stereocenters. The van der Waals surface area contributed by atoms with E-state index >= 15 is 0 Å². The van der Waals surface area contributed by atoms with Gasteiger partial charge in [-0.1, -0.05) is 18.2 Å². The number of aromatic amines is 1. The van der Waals surface area contributed by atoms with E-state index in [1.165, 1.54) is 15.6 Å². The van der Waals surface area contributed by atoms with Crippen molar-refractivity contribution in [3.05, 3.63) is 52.9 Å². The molecule has 0 fully saturated rings. The van der Waals surface area contributed by atoms with E-state index in [1.807, 2.05) is 37.4 Å². The van der Waals surface area contributed by atoms with Crippen molar-refractivity contribution < 1.29 is 41.0 Å². The molecule has 4 rings (SSSR count). The Morgan fingerprint density at radius 3 is 2.33 bits per heavy atom. The lowest BCUT2D eigenvalue weighted by Gasteiger charge is -2.22. The first-order chi connectivity index (χ1) is 19.9. The van der Waals surface area contributed by atoms with Crippen molar-refractivity contribution in [2.24, 2.45) is 0 Å². The molecule has 10 nitrogen and oxygen atoms in total. The highest BCUT2D eigenvalue weighted by Crippen LogP contribution is 2.35. The quantitative estimate of drug-likeness (QED) is 0.200. The molecule has 0 spiro atoms. The maximum Gasteiger partial charge on any atom is 0.490 e. The van der Waals surface area contributed by atoms with E-state index in [4.69, 9.17) is 19.4 Å². The Labute approximate surface area is 249 Å². The van der Waals surface area contributed by atoms with E-state index in [0.717, 1.165) is 46.1 Å². The zero-order chi connectivity index (χ0) is 30.9. The number of hydrogen-bond donors (Lipinski definition) is 2. The van der Waals surface area contributed by atoms with E-state index in [-0.39, 0.29) is 0 Å². The highest BCUT2D eigenvalue weighted by atomic mass is 32.2. The van der Waals surface area contributed by atoms with Gasteiger partial charge in [-0.2, -0.15) is 13.2 Å². The molecule has 3 heterocycles. The summed E-state index contributed by atoms with van der Waals surface area (Å²) in [6.07, 6.45) is -3.18. The molecular formula is C26H31F3N4O6S3. The van der Waals surface area contributed by atoms with Crippen LogP contribution in [0.15, 0.2) is 52.2 Å². The molecule has 0 saturated carbocycles. The molecule has 2 N–H and O–H groups in total. The van der Waals surface area contributed by atoms with Crippen LogP contribution in [0.5, 0.6) is 0 Å². The summed E-state index contributed by atoms with van der Waals surface area (Å²) in [6, 6.07) is 11.1. The molecule has 0 radical (unpaired) electrons. The third-order valence-corrected chi connectivity index (χ3v) is 10.1. The molecule has 3 aromatic heterocycles. The molecule has 0 aliphatic rings. The van der Waals surface area contributed by atoms with Crippen molar-refractivity contribution in [3.8, 4) is 10.7 Å². The minimum absolute atomic E-state index is 0.327. The molecule has 0 atom stereocenters. The summed E-state index contributed by atoms with van der Waals surface area (Å²) >= 11 is 2.85. The van der Waals surface area contributed by atoms with Gasteiger partial charge in [0.1, 0.15) is 9.22 Å². The lowest BCUT2D eigenvalue weighted by molar-refractivity contribution is -0.192. The van der Waals surface area contributed by atoms with Gasteiger partial charge in [0, 0.05) is 56.9 Å². The van der Waals surface area contributed by atoms with Gasteiger partial charge in [0.25, 0.3) is 10.0 Å². The fraction of sp³-hybridized carbons (Fsp3) is 0.385. The Kier molecular flexibility index (Phi) is 11.9. The first-order valence-electron chi connectivity index (χ1n) is 12.6. The number of methoxy groups -OCH3 is 2. The fourth-order valence-corrected chi connectivity index (χ4v) is 7.40. The minimum Gasteiger partial charge on any atom is -0.475 e. The lowest BCUT2D eigenvalue weighted by atomic mass is 10.2. The number of nitrogens with zero attached hydrogens (tertiary/aromatic N) is 3. The number of sulfonamides is 1. The van der Waals surface area contributed by atoms with Crippen LogP contribution >= 0.6 is 22.7 Å². The normalized spacial score (nSPS) is 12.0. The summed E-state index contributed by atoms with van der Waals surface area (Å²) in [5, 5.41) is 10.7. The van der Waals surface area contributed by atoms with E-state index < -0.39 is 22.2 Å². The average Bonchev–Trinajstić information content (AvgIpc) is 3.71. The summed E-state index contributed by atoms with van der Waals surface area (Å²) in [7, 11) is -0.233. The van der Waals surface area contributed by atoms with Gasteiger partial charge in [0.15, 0.2) is 0 Å². The van der Waals surface area contributed by atoms with Gasteiger partial charge in [-0.25, -0.2) is 18.2 Å². The second-order valence-electron chi connectivity index (χ2n) is 8.72. The molecule has 0 amide bonds. The summed E-state index contributed by atoms with van der Waals surface area (Å²) in [5.41, 5.74) is 2.28. The lowest BCUT2D eigenvalue weighted by Crippen LogP contribution is -2.30. The molecule has 16 heteroatoms. The number of para-hydroxylation sites is 1. The number of rotatable bonds is 13. The van der Waals surface area contributed by atoms with Gasteiger partial charge in [-0.05, 0) is 30.5 Å². The smallest absolute Gasteiger partial charge is 0.475 e. The molecule has 0 aliphatic heterocycles. The van der Waals surface area contributed by atoms with E-state index in [9.17, 15) is 21.6 Å². The first-order valence-corrected chi connectivity index (χ1v) is 15.7. The number of alkyl halides is 3. The highest BCUT2D eigenvalue weighted by molar-refractivity contribution is 7.94. The van der Waals surface area contributed by atoms with Gasteiger partial charge < -0.3 is 19.6 Å². The number of H-pyrrole nitrogens is 1. The number of halogens is 3. The van der Waals surface area contributed by atoms with Gasteiger partial charge >= 0.3 is 12.1 Å². The van der Waals surface area contributed by atoms with Gasteiger partial charge in [0.05, 0.1) is 30.1 Å². The number of ether oxygens (including phenoxy) is 2. The Morgan fingerprint density at radius 1 is 1.12 bits per heavy atom. The van der Waals surface area contributed by atoms with Crippen LogP contribution in [0.4, 0.5) is 18.9 Å². The largest absolute Gasteiger partial charge is 0.490 e. The van der Waals surface area contributed by atoms with Crippen molar-refractivity contribution in [1.29, 1.82) is 0 Å². The zero-order valence-electron chi connectivity index (χ0n) is 23.1. The summed E-state index contributed by atoms with van der Waals surface area (Å²) < 4.78 is 70.6. The molecule has 4 aromatic rings. The number of thiophene rings is 1. The van der Waals surface area contributed by atoms with Crippen LogP contribution in [0.1, 0.15) is 11.8 Å². The Bertz CT molecular complexity index is 1530. The predicted octanol–water partition coefficient (Wildman–Crippen LogP) is 5.30. The number of carboxylic acids is 1. The average molecular weight is 649 g/mol.